The van der Waals surface area contributed by atoms with E-state index < -0.39 is 0 Å². The van der Waals surface area contributed by atoms with Gasteiger partial charge in [0.15, 0.2) is 0 Å². The van der Waals surface area contributed by atoms with E-state index in [2.05, 4.69) is 62.3 Å². The fraction of sp³-hybridized carbons (Fsp3) is 1.00. The van der Waals surface area contributed by atoms with Crippen LogP contribution in [0.3, 0.4) is 0 Å². The summed E-state index contributed by atoms with van der Waals surface area (Å²) in [4.78, 5) is 0. The summed E-state index contributed by atoms with van der Waals surface area (Å²) in [5, 5.41) is 0. The Hall–Kier alpha value is -0.0400. The molecule has 0 aromatic heterocycles. The Balaban J connectivity index is 4.04. The van der Waals surface area contributed by atoms with Gasteiger partial charge in [-0.2, -0.15) is 0 Å². The zero-order chi connectivity index (χ0) is 18.8. The number of hydrogen-bond acceptors (Lipinski definition) is 1. The van der Waals surface area contributed by atoms with Crippen molar-refractivity contribution in [3.8, 4) is 0 Å². The van der Waals surface area contributed by atoms with Gasteiger partial charge in [-0.05, 0) is 61.7 Å². The monoisotopic (exact) mass is 340 g/mol. The maximum atomic E-state index is 6.12. The van der Waals surface area contributed by atoms with E-state index in [0.29, 0.717) is 16.9 Å². The van der Waals surface area contributed by atoms with Gasteiger partial charge in [-0.15, -0.1) is 0 Å². The van der Waals surface area contributed by atoms with Gasteiger partial charge in [0.2, 0.25) is 0 Å². The molecule has 0 aliphatic rings. The van der Waals surface area contributed by atoms with Gasteiger partial charge < -0.3 is 4.74 Å². The lowest BCUT2D eigenvalue weighted by atomic mass is 9.73. The molecule has 0 aliphatic heterocycles. The van der Waals surface area contributed by atoms with Crippen molar-refractivity contribution in [1.82, 2.24) is 0 Å². The summed E-state index contributed by atoms with van der Waals surface area (Å²) >= 11 is 0. The highest BCUT2D eigenvalue weighted by Crippen LogP contribution is 2.37. The van der Waals surface area contributed by atoms with Crippen LogP contribution in [-0.2, 0) is 4.74 Å². The summed E-state index contributed by atoms with van der Waals surface area (Å²) in [5.41, 5.74) is 0.977. The van der Waals surface area contributed by atoms with Crippen LogP contribution >= 0.6 is 0 Å². The molecule has 0 fully saturated rings. The molecule has 0 heterocycles. The Morgan fingerprint density at radius 1 is 0.833 bits per heavy atom. The number of hydrogen-bond donors (Lipinski definition) is 0. The van der Waals surface area contributed by atoms with Crippen LogP contribution in [0.15, 0.2) is 0 Å². The van der Waals surface area contributed by atoms with Crippen LogP contribution in [0, 0.1) is 22.7 Å². The van der Waals surface area contributed by atoms with E-state index in [-0.39, 0.29) is 0 Å². The standard InChI is InChI=1S/C23H48O/c1-10-16-23(11-2,12-3)17-13-18-24-20(5)15-14-19(4)21(6)22(7,8)9/h19-21H,10-18H2,1-9H3. The summed E-state index contributed by atoms with van der Waals surface area (Å²) in [6.07, 6.45) is 10.7. The molecule has 0 amide bonds. The highest BCUT2D eigenvalue weighted by molar-refractivity contribution is 4.77. The maximum absolute atomic E-state index is 6.12. The Morgan fingerprint density at radius 2 is 1.42 bits per heavy atom. The Morgan fingerprint density at radius 3 is 1.88 bits per heavy atom. The van der Waals surface area contributed by atoms with E-state index in [1.807, 2.05) is 0 Å². The van der Waals surface area contributed by atoms with E-state index in [1.165, 1.54) is 51.4 Å². The zero-order valence-electron chi connectivity index (χ0n) is 18.5. The topological polar surface area (TPSA) is 9.23 Å². The molecule has 0 aromatic rings. The highest BCUT2D eigenvalue weighted by Gasteiger charge is 2.26. The molecule has 0 bridgehead atoms. The second-order valence-electron chi connectivity index (χ2n) is 9.45. The SMILES string of the molecule is CCCC(CC)(CC)CCCOC(C)CCC(C)C(C)C(C)(C)C. The molecule has 0 radical (unpaired) electrons. The van der Waals surface area contributed by atoms with Gasteiger partial charge in [-0.3, -0.25) is 0 Å². The normalized spacial score (nSPS) is 16.9. The molecule has 146 valence electrons. The molecule has 0 rings (SSSR count). The second-order valence-corrected chi connectivity index (χ2v) is 9.45. The first-order valence-electron chi connectivity index (χ1n) is 10.7. The van der Waals surface area contributed by atoms with Crippen LogP contribution in [-0.4, -0.2) is 12.7 Å². The fourth-order valence-electron chi connectivity index (χ4n) is 4.03. The summed E-state index contributed by atoms with van der Waals surface area (Å²) in [6, 6.07) is 0. The van der Waals surface area contributed by atoms with E-state index >= 15 is 0 Å². The van der Waals surface area contributed by atoms with Gasteiger partial charge in [-0.1, -0.05) is 74.7 Å². The van der Waals surface area contributed by atoms with Gasteiger partial charge in [0.05, 0.1) is 6.10 Å². The summed E-state index contributed by atoms with van der Waals surface area (Å²) in [6.45, 7) is 22.1. The van der Waals surface area contributed by atoms with Crippen molar-refractivity contribution >= 4 is 0 Å². The molecule has 1 nitrogen and oxygen atoms in total. The van der Waals surface area contributed by atoms with Gasteiger partial charge in [0.1, 0.15) is 0 Å². The summed E-state index contributed by atoms with van der Waals surface area (Å²) < 4.78 is 6.12. The van der Waals surface area contributed by atoms with Crippen LogP contribution in [0.1, 0.15) is 114 Å². The van der Waals surface area contributed by atoms with E-state index in [0.717, 1.165) is 18.4 Å². The van der Waals surface area contributed by atoms with Crippen molar-refractivity contribution in [2.24, 2.45) is 22.7 Å². The molecule has 0 saturated heterocycles. The minimum absolute atomic E-state index is 0.406. The minimum Gasteiger partial charge on any atom is -0.379 e. The zero-order valence-corrected chi connectivity index (χ0v) is 18.5. The Kier molecular flexibility index (Phi) is 11.5. The smallest absolute Gasteiger partial charge is 0.0547 e. The molecule has 0 aromatic carbocycles. The minimum atomic E-state index is 0.406. The predicted octanol–water partition coefficient (Wildman–Crippen LogP) is 7.88. The van der Waals surface area contributed by atoms with Crippen LogP contribution < -0.4 is 0 Å². The Labute approximate surface area is 154 Å². The van der Waals surface area contributed by atoms with Crippen molar-refractivity contribution in [2.75, 3.05) is 6.61 Å². The van der Waals surface area contributed by atoms with Crippen LogP contribution in [0.5, 0.6) is 0 Å². The number of ether oxygens (including phenoxy) is 1. The Bertz CT molecular complexity index is 298. The summed E-state index contributed by atoms with van der Waals surface area (Å²) in [7, 11) is 0. The van der Waals surface area contributed by atoms with Crippen molar-refractivity contribution < 1.29 is 4.74 Å². The van der Waals surface area contributed by atoms with Gasteiger partial charge in [0.25, 0.3) is 0 Å². The van der Waals surface area contributed by atoms with E-state index in [1.54, 1.807) is 0 Å². The van der Waals surface area contributed by atoms with Crippen molar-refractivity contribution in [2.45, 2.75) is 120 Å². The average molecular weight is 341 g/mol. The molecular weight excluding hydrogens is 292 g/mol. The van der Waals surface area contributed by atoms with Gasteiger partial charge in [-0.25, -0.2) is 0 Å². The largest absolute Gasteiger partial charge is 0.379 e. The average Bonchev–Trinajstić information content (AvgIpc) is 2.53. The molecule has 0 N–H and O–H groups in total. The molecule has 0 aliphatic carbocycles. The van der Waals surface area contributed by atoms with Crippen molar-refractivity contribution in [3.63, 3.8) is 0 Å². The lowest BCUT2D eigenvalue weighted by Gasteiger charge is -2.33. The third kappa shape index (κ3) is 8.88. The van der Waals surface area contributed by atoms with E-state index in [4.69, 9.17) is 4.74 Å². The van der Waals surface area contributed by atoms with Gasteiger partial charge >= 0.3 is 0 Å². The van der Waals surface area contributed by atoms with Crippen LogP contribution in [0.25, 0.3) is 0 Å². The molecule has 3 atom stereocenters. The first-order valence-corrected chi connectivity index (χ1v) is 10.7. The molecule has 3 unspecified atom stereocenters. The van der Waals surface area contributed by atoms with Crippen molar-refractivity contribution in [3.05, 3.63) is 0 Å². The fourth-order valence-corrected chi connectivity index (χ4v) is 4.03. The third-order valence-electron chi connectivity index (χ3n) is 6.78. The third-order valence-corrected chi connectivity index (χ3v) is 6.78. The van der Waals surface area contributed by atoms with Crippen LogP contribution in [0.2, 0.25) is 0 Å². The molecule has 0 saturated carbocycles. The predicted molar refractivity (Wildman–Crippen MR) is 110 cm³/mol. The number of rotatable bonds is 13. The lowest BCUT2D eigenvalue weighted by Crippen LogP contribution is -2.25. The van der Waals surface area contributed by atoms with Gasteiger partial charge in [0, 0.05) is 6.61 Å². The van der Waals surface area contributed by atoms with Crippen LogP contribution in [0.4, 0.5) is 0 Å². The highest BCUT2D eigenvalue weighted by atomic mass is 16.5. The maximum Gasteiger partial charge on any atom is 0.0547 e. The quantitative estimate of drug-likeness (QED) is 0.310. The molecule has 1 heteroatoms. The van der Waals surface area contributed by atoms with Crippen molar-refractivity contribution in [1.29, 1.82) is 0 Å². The molecular formula is C23H48O. The second kappa shape index (κ2) is 11.6. The molecule has 0 spiro atoms. The summed E-state index contributed by atoms with van der Waals surface area (Å²) in [5.74, 6) is 1.53. The first kappa shape index (κ1) is 24.0. The van der Waals surface area contributed by atoms with E-state index in [9.17, 15) is 0 Å². The molecule has 24 heavy (non-hydrogen) atoms. The first-order chi connectivity index (χ1) is 11.1. The lowest BCUT2D eigenvalue weighted by molar-refractivity contribution is 0.0413.